The van der Waals surface area contributed by atoms with Gasteiger partial charge in [0.1, 0.15) is 5.75 Å². The Bertz CT molecular complexity index is 785. The highest BCUT2D eigenvalue weighted by Crippen LogP contribution is 2.39. The van der Waals surface area contributed by atoms with Gasteiger partial charge < -0.3 is 9.72 Å². The Morgan fingerprint density at radius 1 is 1.05 bits per heavy atom. The molecule has 0 fully saturated rings. The molecule has 3 aromatic rings. The molecule has 0 saturated heterocycles. The van der Waals surface area contributed by atoms with E-state index in [1.807, 2.05) is 0 Å². The molecular weight excluding hydrogens is 246 g/mol. The van der Waals surface area contributed by atoms with E-state index < -0.39 is 0 Å². The highest BCUT2D eigenvalue weighted by Gasteiger charge is 2.19. The van der Waals surface area contributed by atoms with Crippen LogP contribution < -0.4 is 4.74 Å². The fraction of sp³-hybridized carbons (Fsp3) is 0.222. The molecule has 2 aromatic carbocycles. The van der Waals surface area contributed by atoms with Gasteiger partial charge in [-0.2, -0.15) is 0 Å². The fourth-order valence-electron chi connectivity index (χ4n) is 3.30. The number of fused-ring (bicyclic) bond motifs is 5. The van der Waals surface area contributed by atoms with Crippen LogP contribution in [0, 0.1) is 0 Å². The molecular formula is C18H17NO. The molecule has 4 rings (SSSR count). The molecule has 1 heterocycles. The zero-order valence-corrected chi connectivity index (χ0v) is 11.6. The van der Waals surface area contributed by atoms with Crippen LogP contribution in [-0.2, 0) is 12.8 Å². The zero-order chi connectivity index (χ0) is 13.5. The first kappa shape index (κ1) is 11.6. The molecule has 100 valence electrons. The van der Waals surface area contributed by atoms with Gasteiger partial charge in [0.15, 0.2) is 0 Å². The van der Waals surface area contributed by atoms with Crippen LogP contribution in [0.3, 0.4) is 0 Å². The van der Waals surface area contributed by atoms with Crippen LogP contribution in [0.2, 0.25) is 0 Å². The lowest BCUT2D eigenvalue weighted by Crippen LogP contribution is -1.90. The van der Waals surface area contributed by atoms with Gasteiger partial charge in [0.2, 0.25) is 0 Å². The van der Waals surface area contributed by atoms with Crippen molar-refractivity contribution >= 4 is 10.9 Å². The molecule has 1 aliphatic carbocycles. The summed E-state index contributed by atoms with van der Waals surface area (Å²) in [4.78, 5) is 3.59. The Morgan fingerprint density at radius 2 is 1.95 bits per heavy atom. The smallest absolute Gasteiger partial charge is 0.119 e. The van der Waals surface area contributed by atoms with Gasteiger partial charge in [-0.05, 0) is 48.6 Å². The first-order chi connectivity index (χ1) is 9.86. The summed E-state index contributed by atoms with van der Waals surface area (Å²) in [6.07, 6.45) is 3.41. The number of methoxy groups -OCH3 is 1. The number of hydrogen-bond acceptors (Lipinski definition) is 1. The molecule has 1 aliphatic rings. The molecule has 0 atom stereocenters. The zero-order valence-electron chi connectivity index (χ0n) is 11.6. The van der Waals surface area contributed by atoms with E-state index >= 15 is 0 Å². The number of H-pyrrole nitrogens is 1. The summed E-state index contributed by atoms with van der Waals surface area (Å²) in [5.41, 5.74) is 6.75. The number of aromatic nitrogens is 1. The Balaban J connectivity index is 2.03. The van der Waals surface area contributed by atoms with Crippen LogP contribution in [0.4, 0.5) is 0 Å². The molecule has 0 bridgehead atoms. The van der Waals surface area contributed by atoms with Gasteiger partial charge in [-0.15, -0.1) is 0 Å². The largest absolute Gasteiger partial charge is 0.497 e. The van der Waals surface area contributed by atoms with Crippen molar-refractivity contribution < 1.29 is 4.74 Å². The van der Waals surface area contributed by atoms with Gasteiger partial charge in [0, 0.05) is 22.2 Å². The number of hydrogen-bond donors (Lipinski definition) is 1. The van der Waals surface area contributed by atoms with Gasteiger partial charge in [-0.1, -0.05) is 24.3 Å². The summed E-state index contributed by atoms with van der Waals surface area (Å²) in [6, 6.07) is 15.0. The van der Waals surface area contributed by atoms with Crippen molar-refractivity contribution in [3.8, 4) is 16.9 Å². The Labute approximate surface area is 118 Å². The summed E-state index contributed by atoms with van der Waals surface area (Å²) in [5, 5.41) is 1.33. The van der Waals surface area contributed by atoms with E-state index in [-0.39, 0.29) is 0 Å². The topological polar surface area (TPSA) is 25.0 Å². The first-order valence-electron chi connectivity index (χ1n) is 7.13. The van der Waals surface area contributed by atoms with Crippen molar-refractivity contribution in [2.75, 3.05) is 7.11 Å². The van der Waals surface area contributed by atoms with Gasteiger partial charge >= 0.3 is 0 Å². The van der Waals surface area contributed by atoms with Crippen LogP contribution >= 0.6 is 0 Å². The normalized spacial score (nSPS) is 13.7. The molecule has 0 unspecified atom stereocenters. The number of aromatic amines is 1. The van der Waals surface area contributed by atoms with Crippen molar-refractivity contribution in [1.82, 2.24) is 4.98 Å². The monoisotopic (exact) mass is 263 g/mol. The number of aryl methyl sites for hydroxylation is 2. The second-order valence-corrected chi connectivity index (χ2v) is 5.40. The molecule has 0 amide bonds. The highest BCUT2D eigenvalue weighted by atomic mass is 16.5. The third kappa shape index (κ3) is 1.64. The quantitative estimate of drug-likeness (QED) is 0.694. The summed E-state index contributed by atoms with van der Waals surface area (Å²) in [7, 11) is 1.73. The maximum atomic E-state index is 5.37. The van der Waals surface area contributed by atoms with Crippen molar-refractivity contribution in [3.05, 3.63) is 53.7 Å². The SMILES string of the molecule is COc1ccc2c(c1)CCCc1[nH]c3ccccc3c1-2. The number of para-hydroxylation sites is 1. The van der Waals surface area contributed by atoms with Gasteiger partial charge in [-0.3, -0.25) is 0 Å². The van der Waals surface area contributed by atoms with E-state index in [0.717, 1.165) is 18.6 Å². The van der Waals surface area contributed by atoms with E-state index in [2.05, 4.69) is 47.4 Å². The second-order valence-electron chi connectivity index (χ2n) is 5.40. The third-order valence-electron chi connectivity index (χ3n) is 4.24. The molecule has 1 aromatic heterocycles. The molecule has 1 N–H and O–H groups in total. The predicted octanol–water partition coefficient (Wildman–Crippen LogP) is 4.33. The van der Waals surface area contributed by atoms with Crippen LogP contribution in [0.15, 0.2) is 42.5 Å². The Kier molecular flexibility index (Phi) is 2.56. The van der Waals surface area contributed by atoms with Crippen LogP contribution in [0.1, 0.15) is 17.7 Å². The lowest BCUT2D eigenvalue weighted by molar-refractivity contribution is 0.414. The maximum absolute atomic E-state index is 5.37. The molecule has 0 spiro atoms. The van der Waals surface area contributed by atoms with Crippen molar-refractivity contribution in [2.24, 2.45) is 0 Å². The summed E-state index contributed by atoms with van der Waals surface area (Å²) < 4.78 is 5.37. The van der Waals surface area contributed by atoms with Crippen molar-refractivity contribution in [2.45, 2.75) is 19.3 Å². The third-order valence-corrected chi connectivity index (χ3v) is 4.24. The molecule has 0 radical (unpaired) electrons. The van der Waals surface area contributed by atoms with Crippen molar-refractivity contribution in [1.29, 1.82) is 0 Å². The lowest BCUT2D eigenvalue weighted by Gasteiger charge is -2.09. The van der Waals surface area contributed by atoms with E-state index in [0.29, 0.717) is 0 Å². The average molecular weight is 263 g/mol. The molecule has 2 nitrogen and oxygen atoms in total. The molecule has 20 heavy (non-hydrogen) atoms. The van der Waals surface area contributed by atoms with E-state index in [4.69, 9.17) is 4.74 Å². The van der Waals surface area contributed by atoms with E-state index in [1.165, 1.54) is 39.7 Å². The standard InChI is InChI=1S/C18H17NO/c1-20-13-9-10-14-12(11-13)5-4-8-17-18(14)15-6-2-3-7-16(15)19-17/h2-3,6-7,9-11,19H,4-5,8H2,1H3. The first-order valence-corrected chi connectivity index (χ1v) is 7.13. The number of benzene rings is 2. The van der Waals surface area contributed by atoms with Crippen LogP contribution in [0.5, 0.6) is 5.75 Å². The minimum Gasteiger partial charge on any atom is -0.497 e. The molecule has 0 aliphatic heterocycles. The van der Waals surface area contributed by atoms with Crippen LogP contribution in [0.25, 0.3) is 22.0 Å². The highest BCUT2D eigenvalue weighted by molar-refractivity contribution is 5.98. The minimum atomic E-state index is 0.951. The van der Waals surface area contributed by atoms with E-state index in [9.17, 15) is 0 Å². The van der Waals surface area contributed by atoms with Crippen LogP contribution in [-0.4, -0.2) is 12.1 Å². The van der Waals surface area contributed by atoms with Crippen molar-refractivity contribution in [3.63, 3.8) is 0 Å². The number of rotatable bonds is 1. The van der Waals surface area contributed by atoms with Gasteiger partial charge in [0.05, 0.1) is 7.11 Å². The Morgan fingerprint density at radius 3 is 2.85 bits per heavy atom. The van der Waals surface area contributed by atoms with E-state index in [1.54, 1.807) is 7.11 Å². The second kappa shape index (κ2) is 4.41. The molecule has 0 saturated carbocycles. The Hall–Kier alpha value is -2.22. The molecule has 2 heteroatoms. The minimum absolute atomic E-state index is 0.951. The maximum Gasteiger partial charge on any atom is 0.119 e. The number of ether oxygens (including phenoxy) is 1. The average Bonchev–Trinajstić information content (AvgIpc) is 2.75. The summed E-state index contributed by atoms with van der Waals surface area (Å²) >= 11 is 0. The fourth-order valence-corrected chi connectivity index (χ4v) is 3.30. The summed E-state index contributed by atoms with van der Waals surface area (Å²) in [5.74, 6) is 0.951. The summed E-state index contributed by atoms with van der Waals surface area (Å²) in [6.45, 7) is 0. The number of nitrogens with one attached hydrogen (secondary N) is 1. The predicted molar refractivity (Wildman–Crippen MR) is 82.3 cm³/mol. The van der Waals surface area contributed by atoms with Gasteiger partial charge in [-0.25, -0.2) is 0 Å². The van der Waals surface area contributed by atoms with Gasteiger partial charge in [0.25, 0.3) is 0 Å². The lowest BCUT2D eigenvalue weighted by atomic mass is 9.97.